The van der Waals surface area contributed by atoms with Crippen LogP contribution in [0.4, 0.5) is 0 Å². The fourth-order valence-electron chi connectivity index (χ4n) is 3.95. The molecule has 0 unspecified atom stereocenters. The zero-order chi connectivity index (χ0) is 18.3. The van der Waals surface area contributed by atoms with Gasteiger partial charge in [0.1, 0.15) is 5.01 Å². The van der Waals surface area contributed by atoms with E-state index in [4.69, 9.17) is 4.98 Å². The van der Waals surface area contributed by atoms with E-state index >= 15 is 0 Å². The van der Waals surface area contributed by atoms with E-state index in [1.165, 1.54) is 60.8 Å². The summed E-state index contributed by atoms with van der Waals surface area (Å²) in [5, 5.41) is 1.10. The van der Waals surface area contributed by atoms with Crippen LogP contribution in [0.25, 0.3) is 20.8 Å². The van der Waals surface area contributed by atoms with Crippen molar-refractivity contribution in [3.05, 3.63) is 78.4 Å². The Hall–Kier alpha value is -2.19. The fraction of sp³-hybridized carbons (Fsp3) is 0.320. The molecule has 0 atom stereocenters. The number of fused-ring (bicyclic) bond motifs is 1. The smallest absolute Gasteiger partial charge is 0.124 e. The van der Waals surface area contributed by atoms with Crippen molar-refractivity contribution in [1.82, 2.24) is 4.98 Å². The molecule has 4 rings (SSSR count). The lowest BCUT2D eigenvalue weighted by Crippen LogP contribution is -2.02. The molecule has 2 aromatic carbocycles. The van der Waals surface area contributed by atoms with Gasteiger partial charge in [-0.2, -0.15) is 0 Å². The van der Waals surface area contributed by atoms with Crippen LogP contribution in [0, 0.1) is 0 Å². The number of thiazole rings is 1. The second kappa shape index (κ2) is 9.14. The van der Waals surface area contributed by atoms with Crippen LogP contribution in [0.15, 0.2) is 72.8 Å². The first-order valence-corrected chi connectivity index (χ1v) is 11.0. The molecule has 1 aliphatic rings. The summed E-state index contributed by atoms with van der Waals surface area (Å²) in [5.74, 6) is 0.715. The van der Waals surface area contributed by atoms with Crippen molar-refractivity contribution in [2.45, 2.75) is 50.9 Å². The Kier molecular flexibility index (Phi) is 6.16. The van der Waals surface area contributed by atoms with Gasteiger partial charge in [-0.15, -0.1) is 11.3 Å². The molecule has 1 aromatic heterocycles. The molecule has 27 heavy (non-hydrogen) atoms. The molecule has 0 bridgehead atoms. The first-order valence-electron chi connectivity index (χ1n) is 10.2. The summed E-state index contributed by atoms with van der Waals surface area (Å²) in [7, 11) is 0. The van der Waals surface area contributed by atoms with E-state index < -0.39 is 0 Å². The zero-order valence-corrected chi connectivity index (χ0v) is 16.6. The van der Waals surface area contributed by atoms with Crippen LogP contribution in [0.2, 0.25) is 0 Å². The van der Waals surface area contributed by atoms with Gasteiger partial charge >= 0.3 is 0 Å². The number of benzene rings is 1. The summed E-state index contributed by atoms with van der Waals surface area (Å²) in [6.45, 7) is 0. The normalized spacial score (nSPS) is 15.7. The van der Waals surface area contributed by atoms with Gasteiger partial charge in [-0.1, -0.05) is 92.8 Å². The first-order chi connectivity index (χ1) is 13.4. The molecular weight excluding hydrogens is 346 g/mol. The second-order valence-corrected chi connectivity index (χ2v) is 8.45. The monoisotopic (exact) mass is 373 g/mol. The van der Waals surface area contributed by atoms with Crippen LogP contribution in [0.1, 0.15) is 56.4 Å². The highest BCUT2D eigenvalue weighted by Gasteiger charge is 2.15. The third kappa shape index (κ3) is 4.75. The van der Waals surface area contributed by atoms with Crippen LogP contribution in [-0.2, 0) is 0 Å². The van der Waals surface area contributed by atoms with Crippen LogP contribution in [0.5, 0.6) is 0 Å². The van der Waals surface area contributed by atoms with Gasteiger partial charge in [0.2, 0.25) is 0 Å². The van der Waals surface area contributed by atoms with E-state index in [9.17, 15) is 0 Å². The van der Waals surface area contributed by atoms with Crippen molar-refractivity contribution in [2.75, 3.05) is 0 Å². The van der Waals surface area contributed by atoms with Gasteiger partial charge in [-0.3, -0.25) is 0 Å². The fourth-order valence-corrected chi connectivity index (χ4v) is 4.90. The molecule has 0 amide bonds. The Morgan fingerprint density at radius 3 is 2.04 bits per heavy atom. The summed E-state index contributed by atoms with van der Waals surface area (Å²) >= 11 is 1.79. The van der Waals surface area contributed by atoms with Gasteiger partial charge in [0.25, 0.3) is 0 Å². The Balaban J connectivity index is 1.67. The van der Waals surface area contributed by atoms with E-state index in [2.05, 4.69) is 54.6 Å². The van der Waals surface area contributed by atoms with Gasteiger partial charge in [0.15, 0.2) is 0 Å². The zero-order valence-electron chi connectivity index (χ0n) is 15.8. The molecule has 1 nitrogen and oxygen atoms in total. The number of hydrogen-bond donors (Lipinski definition) is 0. The Morgan fingerprint density at radius 2 is 1.33 bits per heavy atom. The van der Waals surface area contributed by atoms with Crippen molar-refractivity contribution in [2.24, 2.45) is 0 Å². The first kappa shape index (κ1) is 18.2. The maximum atomic E-state index is 4.98. The molecule has 3 aromatic rings. The summed E-state index contributed by atoms with van der Waals surface area (Å²) in [6, 6.07) is 25.7. The lowest BCUT2D eigenvalue weighted by molar-refractivity contribution is 0.456. The molecule has 0 saturated heterocycles. The molecule has 0 spiro atoms. The molecule has 1 fully saturated rings. The Labute approximate surface area is 166 Å². The standard InChI is InChI=1S/C25H27NS/c1-2-5-11-15-21(16-12-6-3-1)25-26-23-19-22(17-18-24(23)27-25)20-13-9-7-4-8-10-14-20/h1-3,5-6,11-12,15-20H,4,7-10,13-14H2. The van der Waals surface area contributed by atoms with Gasteiger partial charge in [-0.25, -0.2) is 4.98 Å². The molecule has 138 valence electrons. The van der Waals surface area contributed by atoms with Crippen LogP contribution >= 0.6 is 11.3 Å². The predicted molar refractivity (Wildman–Crippen MR) is 118 cm³/mol. The van der Waals surface area contributed by atoms with Gasteiger partial charge in [-0.05, 0) is 36.5 Å². The molecule has 2 heteroatoms. The largest absolute Gasteiger partial charge is 0.236 e. The maximum absolute atomic E-state index is 4.98. The number of rotatable bonds is 2. The van der Waals surface area contributed by atoms with Crippen molar-refractivity contribution in [1.29, 1.82) is 0 Å². The van der Waals surface area contributed by atoms with Gasteiger partial charge in [0.05, 0.1) is 10.2 Å². The average Bonchev–Trinajstić information content (AvgIpc) is 3.09. The highest BCUT2D eigenvalue weighted by Crippen LogP contribution is 2.35. The lowest BCUT2D eigenvalue weighted by Gasteiger charge is -2.19. The summed E-state index contributed by atoms with van der Waals surface area (Å²) in [5.41, 5.74) is 3.81. The van der Waals surface area contributed by atoms with E-state index in [0.29, 0.717) is 5.92 Å². The SMILES string of the molecule is c1ccccc(-c2nc3cc(C4CCCCCCC4)ccc3s2)cccc1. The summed E-state index contributed by atoms with van der Waals surface area (Å²) in [6.07, 6.45) is 9.63. The molecule has 1 aliphatic carbocycles. The number of nitrogens with zero attached hydrogens (tertiary/aromatic N) is 1. The van der Waals surface area contributed by atoms with Crippen LogP contribution in [-0.4, -0.2) is 4.98 Å². The van der Waals surface area contributed by atoms with Crippen molar-refractivity contribution >= 4 is 21.6 Å². The number of hydrogen-bond acceptors (Lipinski definition) is 2. The van der Waals surface area contributed by atoms with Gasteiger partial charge in [0, 0.05) is 5.56 Å². The predicted octanol–water partition coefficient (Wildman–Crippen LogP) is 7.92. The highest BCUT2D eigenvalue weighted by molar-refractivity contribution is 7.21. The van der Waals surface area contributed by atoms with E-state index in [1.807, 2.05) is 18.2 Å². The van der Waals surface area contributed by atoms with Crippen LogP contribution in [0.3, 0.4) is 0 Å². The quantitative estimate of drug-likeness (QED) is 0.444. The summed E-state index contributed by atoms with van der Waals surface area (Å²) in [4.78, 5) is 4.98. The minimum absolute atomic E-state index is 0.715. The molecule has 0 N–H and O–H groups in total. The minimum Gasteiger partial charge on any atom is -0.236 e. The highest BCUT2D eigenvalue weighted by atomic mass is 32.1. The average molecular weight is 374 g/mol. The molecule has 1 heterocycles. The maximum Gasteiger partial charge on any atom is 0.124 e. The van der Waals surface area contributed by atoms with Crippen molar-refractivity contribution < 1.29 is 0 Å². The van der Waals surface area contributed by atoms with E-state index in [-0.39, 0.29) is 0 Å². The Bertz CT molecular complexity index is 909. The molecule has 0 aliphatic heterocycles. The van der Waals surface area contributed by atoms with Crippen LogP contribution < -0.4 is 0 Å². The minimum atomic E-state index is 0.715. The topological polar surface area (TPSA) is 12.9 Å². The Morgan fingerprint density at radius 1 is 0.704 bits per heavy atom. The second-order valence-electron chi connectivity index (χ2n) is 7.42. The lowest BCUT2D eigenvalue weighted by atomic mass is 9.86. The third-order valence-corrected chi connectivity index (χ3v) is 6.54. The molecule has 1 saturated carbocycles. The molecule has 0 radical (unpaired) electrons. The van der Waals surface area contributed by atoms with Crippen molar-refractivity contribution in [3.63, 3.8) is 0 Å². The third-order valence-electron chi connectivity index (χ3n) is 5.45. The van der Waals surface area contributed by atoms with Crippen molar-refractivity contribution in [3.8, 4) is 10.6 Å². The molecular formula is C25H27NS. The van der Waals surface area contributed by atoms with E-state index in [1.54, 1.807) is 11.3 Å². The number of aromatic nitrogens is 1. The summed E-state index contributed by atoms with van der Waals surface area (Å²) < 4.78 is 1.28. The van der Waals surface area contributed by atoms with Gasteiger partial charge < -0.3 is 0 Å². The van der Waals surface area contributed by atoms with E-state index in [0.717, 1.165) is 10.5 Å².